The second-order valence-electron chi connectivity index (χ2n) is 5.76. The number of nitrogens with zero attached hydrogens (tertiary/aromatic N) is 4. The highest BCUT2D eigenvalue weighted by molar-refractivity contribution is 7.91. The molecule has 0 atom stereocenters. The van der Waals surface area contributed by atoms with Crippen LogP contribution in [0.3, 0.4) is 0 Å². The molecule has 0 unspecified atom stereocenters. The number of thiophene rings is 1. The summed E-state index contributed by atoms with van der Waals surface area (Å²) < 4.78 is 28.1. The average molecular weight is 398 g/mol. The number of sulfonamides is 1. The van der Waals surface area contributed by atoms with Crippen molar-refractivity contribution >= 4 is 33.2 Å². The van der Waals surface area contributed by atoms with Crippen LogP contribution in [-0.2, 0) is 21.4 Å². The van der Waals surface area contributed by atoms with E-state index in [-0.39, 0.29) is 37.5 Å². The van der Waals surface area contributed by atoms with Crippen LogP contribution in [0.15, 0.2) is 34.1 Å². The lowest BCUT2D eigenvalue weighted by atomic mass is 10.3. The minimum absolute atomic E-state index is 0.0739. The molecule has 3 rings (SSSR count). The summed E-state index contributed by atoms with van der Waals surface area (Å²) in [6.07, 6.45) is 2.79. The Hall–Kier alpha value is -2.24. The van der Waals surface area contributed by atoms with Gasteiger partial charge >= 0.3 is 5.97 Å². The van der Waals surface area contributed by atoms with E-state index in [1.807, 2.05) is 0 Å². The fourth-order valence-corrected chi connectivity index (χ4v) is 5.25. The molecule has 0 aromatic carbocycles. The Morgan fingerprint density at radius 1 is 1.23 bits per heavy atom. The highest BCUT2D eigenvalue weighted by Gasteiger charge is 2.30. The predicted molar refractivity (Wildman–Crippen MR) is 93.5 cm³/mol. The first-order chi connectivity index (χ1) is 12.4. The van der Waals surface area contributed by atoms with Gasteiger partial charge in [0.25, 0.3) is 10.0 Å². The van der Waals surface area contributed by atoms with Crippen molar-refractivity contribution in [2.24, 2.45) is 0 Å². The second kappa shape index (κ2) is 7.56. The highest BCUT2D eigenvalue weighted by atomic mass is 32.2. The molecule has 1 aliphatic heterocycles. The first-order valence-electron chi connectivity index (χ1n) is 7.95. The first kappa shape index (κ1) is 18.5. The van der Waals surface area contributed by atoms with E-state index in [1.54, 1.807) is 22.4 Å². The number of hydrogen-bond donors (Lipinski definition) is 1. The van der Waals surface area contributed by atoms with Crippen LogP contribution in [0.4, 0.5) is 0 Å². The lowest BCUT2D eigenvalue weighted by molar-refractivity contribution is -0.132. The lowest BCUT2D eigenvalue weighted by Crippen LogP contribution is -2.50. The molecule has 9 nitrogen and oxygen atoms in total. The highest BCUT2D eigenvalue weighted by Crippen LogP contribution is 2.22. The van der Waals surface area contributed by atoms with E-state index < -0.39 is 16.0 Å². The largest absolute Gasteiger partial charge is 0.478 e. The van der Waals surface area contributed by atoms with Crippen LogP contribution in [0.1, 0.15) is 16.8 Å². The van der Waals surface area contributed by atoms with E-state index in [2.05, 4.69) is 5.10 Å². The fraction of sp³-hybridized carbons (Fsp3) is 0.400. The van der Waals surface area contributed by atoms with Crippen molar-refractivity contribution in [3.05, 3.63) is 35.5 Å². The molecular formula is C15H18N4O5S2. The number of amides is 1. The van der Waals surface area contributed by atoms with Crippen molar-refractivity contribution in [2.45, 2.75) is 17.2 Å². The van der Waals surface area contributed by atoms with Crippen LogP contribution in [-0.4, -0.2) is 70.6 Å². The quantitative estimate of drug-likeness (QED) is 0.761. The minimum atomic E-state index is -3.48. The SMILES string of the molecule is O=C(O)c1cnn(CCC(=O)N2CCN(S(=O)(=O)c3cccs3)CC2)c1. The van der Waals surface area contributed by atoms with Crippen molar-refractivity contribution in [1.29, 1.82) is 0 Å². The summed E-state index contributed by atoms with van der Waals surface area (Å²) in [5, 5.41) is 14.5. The van der Waals surface area contributed by atoms with E-state index in [9.17, 15) is 18.0 Å². The first-order valence-corrected chi connectivity index (χ1v) is 10.3. The predicted octanol–water partition coefficient (Wildman–Crippen LogP) is 0.566. The summed E-state index contributed by atoms with van der Waals surface area (Å²) in [5.74, 6) is -1.17. The zero-order chi connectivity index (χ0) is 18.7. The van der Waals surface area contributed by atoms with E-state index >= 15 is 0 Å². The number of carbonyl (C=O) groups is 2. The molecule has 140 valence electrons. The van der Waals surface area contributed by atoms with Gasteiger partial charge in [0.15, 0.2) is 0 Å². The number of carboxylic acid groups (broad SMARTS) is 1. The zero-order valence-corrected chi connectivity index (χ0v) is 15.4. The Kier molecular flexibility index (Phi) is 5.39. The summed E-state index contributed by atoms with van der Waals surface area (Å²) in [7, 11) is -3.48. The Labute approximate surface area is 154 Å². The van der Waals surface area contributed by atoms with E-state index in [0.29, 0.717) is 17.3 Å². The summed E-state index contributed by atoms with van der Waals surface area (Å²) in [6.45, 7) is 1.47. The van der Waals surface area contributed by atoms with Gasteiger partial charge in [0.05, 0.1) is 11.8 Å². The fourth-order valence-electron chi connectivity index (χ4n) is 2.68. The molecular weight excluding hydrogens is 380 g/mol. The molecule has 1 saturated heterocycles. The van der Waals surface area contributed by atoms with Gasteiger partial charge in [-0.3, -0.25) is 9.48 Å². The molecule has 3 heterocycles. The maximum absolute atomic E-state index is 12.5. The number of carboxylic acids is 1. The van der Waals surface area contributed by atoms with E-state index in [4.69, 9.17) is 5.11 Å². The van der Waals surface area contributed by atoms with Gasteiger partial charge in [-0.15, -0.1) is 11.3 Å². The molecule has 2 aromatic rings. The summed E-state index contributed by atoms with van der Waals surface area (Å²) >= 11 is 1.18. The topological polar surface area (TPSA) is 113 Å². The Bertz CT molecular complexity index is 883. The van der Waals surface area contributed by atoms with Crippen LogP contribution in [0.5, 0.6) is 0 Å². The third-order valence-corrected chi connectivity index (χ3v) is 7.39. The van der Waals surface area contributed by atoms with Gasteiger partial charge in [0, 0.05) is 45.3 Å². The van der Waals surface area contributed by atoms with Crippen molar-refractivity contribution in [1.82, 2.24) is 19.0 Å². The summed E-state index contributed by atoms with van der Waals surface area (Å²) in [4.78, 5) is 24.7. The van der Waals surface area contributed by atoms with Gasteiger partial charge in [-0.25, -0.2) is 13.2 Å². The molecule has 0 radical (unpaired) electrons. The van der Waals surface area contributed by atoms with Crippen molar-refractivity contribution in [3.63, 3.8) is 0 Å². The van der Waals surface area contributed by atoms with Gasteiger partial charge in [0.1, 0.15) is 4.21 Å². The number of carbonyl (C=O) groups excluding carboxylic acids is 1. The second-order valence-corrected chi connectivity index (χ2v) is 8.88. The van der Waals surface area contributed by atoms with Crippen LogP contribution in [0.2, 0.25) is 0 Å². The minimum Gasteiger partial charge on any atom is -0.478 e. The molecule has 1 amide bonds. The van der Waals surface area contributed by atoms with Gasteiger partial charge in [0.2, 0.25) is 5.91 Å². The maximum atomic E-state index is 12.5. The molecule has 1 N–H and O–H groups in total. The van der Waals surface area contributed by atoms with Gasteiger partial charge in [-0.1, -0.05) is 6.07 Å². The standard InChI is InChI=1S/C15H18N4O5S2/c20-13(3-4-18-11-12(10-16-18)15(21)22)17-5-7-19(8-6-17)26(23,24)14-2-1-9-25-14/h1-2,9-11H,3-8H2,(H,21,22). The molecule has 11 heteroatoms. The van der Waals surface area contributed by atoms with E-state index in [0.717, 1.165) is 0 Å². The molecule has 0 saturated carbocycles. The van der Waals surface area contributed by atoms with Crippen molar-refractivity contribution < 1.29 is 23.1 Å². The van der Waals surface area contributed by atoms with Gasteiger partial charge in [-0.2, -0.15) is 9.40 Å². The summed E-state index contributed by atoms with van der Waals surface area (Å²) in [6, 6.07) is 3.27. The molecule has 2 aromatic heterocycles. The number of aryl methyl sites for hydroxylation is 1. The Morgan fingerprint density at radius 3 is 2.54 bits per heavy atom. The maximum Gasteiger partial charge on any atom is 0.338 e. The smallest absolute Gasteiger partial charge is 0.338 e. The van der Waals surface area contributed by atoms with Gasteiger partial charge < -0.3 is 10.0 Å². The Balaban J connectivity index is 1.51. The lowest BCUT2D eigenvalue weighted by Gasteiger charge is -2.33. The molecule has 26 heavy (non-hydrogen) atoms. The van der Waals surface area contributed by atoms with Crippen LogP contribution < -0.4 is 0 Å². The molecule has 0 bridgehead atoms. The number of aromatic nitrogens is 2. The number of aromatic carboxylic acids is 1. The van der Waals surface area contributed by atoms with Crippen LogP contribution >= 0.6 is 11.3 Å². The summed E-state index contributed by atoms with van der Waals surface area (Å²) in [5.41, 5.74) is 0.0739. The van der Waals surface area contributed by atoms with Crippen LogP contribution in [0.25, 0.3) is 0 Å². The molecule has 1 aliphatic rings. The molecule has 0 spiro atoms. The molecule has 0 aliphatic carbocycles. The Morgan fingerprint density at radius 2 is 1.96 bits per heavy atom. The van der Waals surface area contributed by atoms with Crippen LogP contribution in [0, 0.1) is 0 Å². The monoisotopic (exact) mass is 398 g/mol. The number of piperazine rings is 1. The third-order valence-electron chi connectivity index (χ3n) is 4.12. The molecule has 1 fully saturated rings. The normalized spacial score (nSPS) is 15.9. The van der Waals surface area contributed by atoms with Crippen molar-refractivity contribution in [2.75, 3.05) is 26.2 Å². The number of hydrogen-bond acceptors (Lipinski definition) is 6. The van der Waals surface area contributed by atoms with E-state index in [1.165, 1.54) is 32.7 Å². The third kappa shape index (κ3) is 3.94. The van der Waals surface area contributed by atoms with Crippen molar-refractivity contribution in [3.8, 4) is 0 Å². The van der Waals surface area contributed by atoms with Gasteiger partial charge in [-0.05, 0) is 11.4 Å². The average Bonchev–Trinajstić information content (AvgIpc) is 3.31. The number of rotatable bonds is 6. The zero-order valence-electron chi connectivity index (χ0n) is 13.8.